The van der Waals surface area contributed by atoms with Crippen molar-refractivity contribution >= 4 is 23.5 Å². The van der Waals surface area contributed by atoms with Crippen LogP contribution in [0.5, 0.6) is 0 Å². The van der Waals surface area contributed by atoms with E-state index in [-0.39, 0.29) is 16.7 Å². The van der Waals surface area contributed by atoms with Gasteiger partial charge in [0.25, 0.3) is 0 Å². The van der Waals surface area contributed by atoms with Gasteiger partial charge in [-0.15, -0.1) is 11.8 Å². The van der Waals surface area contributed by atoms with Gasteiger partial charge in [-0.2, -0.15) is 22.7 Å². The van der Waals surface area contributed by atoms with E-state index in [1.165, 1.54) is 35.8 Å². The van der Waals surface area contributed by atoms with E-state index in [0.717, 1.165) is 12.1 Å². The summed E-state index contributed by atoms with van der Waals surface area (Å²) in [5, 5.41) is 6.68. The molecule has 0 bridgehead atoms. The van der Waals surface area contributed by atoms with Crippen molar-refractivity contribution in [3.05, 3.63) is 36.0 Å². The maximum atomic E-state index is 13.2. The Bertz CT molecular complexity index is 907. The molecule has 0 radical (unpaired) electrons. The predicted octanol–water partition coefficient (Wildman–Crippen LogP) is 4.79. The van der Waals surface area contributed by atoms with Crippen molar-refractivity contribution in [1.29, 1.82) is 0 Å². The molecule has 164 valence electrons. The first kappa shape index (κ1) is 22.4. The lowest BCUT2D eigenvalue weighted by Crippen LogP contribution is -2.44. The van der Waals surface area contributed by atoms with E-state index >= 15 is 0 Å². The van der Waals surface area contributed by atoms with Crippen molar-refractivity contribution in [3.63, 3.8) is 0 Å². The van der Waals surface area contributed by atoms with Crippen LogP contribution in [-0.2, 0) is 13.2 Å². The van der Waals surface area contributed by atoms with Crippen molar-refractivity contribution in [2.45, 2.75) is 42.6 Å². The molecule has 0 spiro atoms. The first-order valence-electron chi connectivity index (χ1n) is 9.43. The van der Waals surface area contributed by atoms with Crippen LogP contribution in [0.15, 0.2) is 29.4 Å². The number of halogens is 4. The molecule has 0 aromatic carbocycles. The zero-order chi connectivity index (χ0) is 22.1. The normalized spacial score (nSPS) is 16.0. The molecular weight excluding hydrogens is 422 g/mol. The van der Waals surface area contributed by atoms with Crippen LogP contribution in [0, 0.1) is 11.9 Å². The Hall–Kier alpha value is -2.30. The molecule has 11 heteroatoms. The third-order valence-corrected chi connectivity index (χ3v) is 6.69. The van der Waals surface area contributed by atoms with Crippen LogP contribution in [0.3, 0.4) is 0 Å². The van der Waals surface area contributed by atoms with Gasteiger partial charge in [-0.3, -0.25) is 4.68 Å². The summed E-state index contributed by atoms with van der Waals surface area (Å²) in [4.78, 5) is 17.5. The number of amides is 2. The molecular formula is C19H23F4N5OS. The van der Waals surface area contributed by atoms with Gasteiger partial charge in [-0.1, -0.05) is 13.8 Å². The number of anilines is 1. The van der Waals surface area contributed by atoms with Gasteiger partial charge >= 0.3 is 12.2 Å². The van der Waals surface area contributed by atoms with Gasteiger partial charge in [-0.05, 0) is 24.8 Å². The van der Waals surface area contributed by atoms with Gasteiger partial charge in [-0.25, -0.2) is 9.78 Å². The van der Waals surface area contributed by atoms with E-state index in [9.17, 15) is 22.4 Å². The summed E-state index contributed by atoms with van der Waals surface area (Å²) in [6.45, 7) is 5.01. The van der Waals surface area contributed by atoms with Crippen LogP contribution in [0.25, 0.3) is 0 Å². The molecule has 1 aliphatic rings. The minimum atomic E-state index is -4.48. The number of hydrogen-bond acceptors (Lipinski definition) is 4. The lowest BCUT2D eigenvalue weighted by Gasteiger charge is -2.40. The second kappa shape index (κ2) is 8.44. The van der Waals surface area contributed by atoms with E-state index < -0.39 is 17.8 Å². The molecule has 0 saturated carbocycles. The minimum Gasteiger partial charge on any atom is -0.325 e. The number of pyridine rings is 1. The SMILES string of the molecule is Cn1nc(C(F)(F)F)cc1SC(C)(C)C1CCN(C(=O)Nc2ccnc(F)c2)CC1. The minimum absolute atomic E-state index is 0.203. The number of urea groups is 1. The Labute approximate surface area is 176 Å². The van der Waals surface area contributed by atoms with Crippen molar-refractivity contribution < 1.29 is 22.4 Å². The fourth-order valence-electron chi connectivity index (χ4n) is 3.50. The molecule has 1 fully saturated rings. The van der Waals surface area contributed by atoms with Gasteiger partial charge in [0.2, 0.25) is 5.95 Å². The van der Waals surface area contributed by atoms with E-state index in [0.29, 0.717) is 36.6 Å². The quantitative estimate of drug-likeness (QED) is 0.418. The molecule has 2 aromatic heterocycles. The predicted molar refractivity (Wildman–Crippen MR) is 106 cm³/mol. The van der Waals surface area contributed by atoms with Crippen LogP contribution in [-0.4, -0.2) is 43.5 Å². The zero-order valence-electron chi connectivity index (χ0n) is 16.8. The largest absolute Gasteiger partial charge is 0.435 e. The summed E-state index contributed by atoms with van der Waals surface area (Å²) in [7, 11) is 1.50. The summed E-state index contributed by atoms with van der Waals surface area (Å²) in [6, 6.07) is 3.42. The summed E-state index contributed by atoms with van der Waals surface area (Å²) >= 11 is 1.36. The Kier molecular flexibility index (Phi) is 6.30. The topological polar surface area (TPSA) is 63.1 Å². The second-order valence-electron chi connectivity index (χ2n) is 7.75. The maximum absolute atomic E-state index is 13.2. The lowest BCUT2D eigenvalue weighted by atomic mass is 9.86. The maximum Gasteiger partial charge on any atom is 0.435 e. The molecule has 6 nitrogen and oxygen atoms in total. The van der Waals surface area contributed by atoms with E-state index in [4.69, 9.17) is 0 Å². The second-order valence-corrected chi connectivity index (χ2v) is 9.43. The van der Waals surface area contributed by atoms with Crippen LogP contribution >= 0.6 is 11.8 Å². The highest BCUT2D eigenvalue weighted by atomic mass is 32.2. The molecule has 1 saturated heterocycles. The number of nitrogens with zero attached hydrogens (tertiary/aromatic N) is 4. The molecule has 0 aliphatic carbocycles. The summed E-state index contributed by atoms with van der Waals surface area (Å²) in [6.07, 6.45) is -1.78. The van der Waals surface area contributed by atoms with Gasteiger partial charge in [0.15, 0.2) is 5.69 Å². The molecule has 1 aliphatic heterocycles. The average molecular weight is 445 g/mol. The third kappa shape index (κ3) is 5.24. The monoisotopic (exact) mass is 445 g/mol. The molecule has 2 aromatic rings. The van der Waals surface area contributed by atoms with Gasteiger partial charge in [0.1, 0.15) is 0 Å². The molecule has 0 unspecified atom stereocenters. The Morgan fingerprint density at radius 3 is 2.47 bits per heavy atom. The number of piperidine rings is 1. The highest BCUT2D eigenvalue weighted by Gasteiger charge is 2.38. The van der Waals surface area contributed by atoms with Crippen LogP contribution in [0.4, 0.5) is 28.0 Å². The van der Waals surface area contributed by atoms with E-state index in [1.54, 1.807) is 4.90 Å². The zero-order valence-corrected chi connectivity index (χ0v) is 17.6. The molecule has 30 heavy (non-hydrogen) atoms. The highest BCUT2D eigenvalue weighted by molar-refractivity contribution is 8.00. The van der Waals surface area contributed by atoms with Crippen molar-refractivity contribution in [1.82, 2.24) is 19.7 Å². The van der Waals surface area contributed by atoms with Crippen molar-refractivity contribution in [2.75, 3.05) is 18.4 Å². The Morgan fingerprint density at radius 1 is 1.23 bits per heavy atom. The number of carbonyl (C=O) groups excluding carboxylic acids is 1. The van der Waals surface area contributed by atoms with Crippen LogP contribution in [0.1, 0.15) is 32.4 Å². The van der Waals surface area contributed by atoms with Gasteiger partial charge in [0.05, 0.1) is 5.03 Å². The first-order valence-corrected chi connectivity index (χ1v) is 10.2. The highest BCUT2D eigenvalue weighted by Crippen LogP contribution is 2.43. The van der Waals surface area contributed by atoms with Crippen molar-refractivity contribution in [2.24, 2.45) is 13.0 Å². The fourth-order valence-corrected chi connectivity index (χ4v) is 4.78. The van der Waals surface area contributed by atoms with Gasteiger partial charge in [0, 0.05) is 48.9 Å². The van der Waals surface area contributed by atoms with Gasteiger partial charge < -0.3 is 10.2 Å². The smallest absolute Gasteiger partial charge is 0.325 e. The van der Waals surface area contributed by atoms with E-state index in [1.807, 2.05) is 13.8 Å². The molecule has 0 atom stereocenters. The standard InChI is InChI=1S/C19H23F4N5OS/c1-18(2,30-16-11-14(19(21,22)23)26-27(16)3)12-5-8-28(9-6-12)17(29)25-13-4-7-24-15(20)10-13/h4,7,10-12H,5-6,8-9H2,1-3H3,(H,24,25,29). The number of thioether (sulfide) groups is 1. The molecule has 3 heterocycles. The average Bonchev–Trinajstić information content (AvgIpc) is 3.02. The Morgan fingerprint density at radius 2 is 1.90 bits per heavy atom. The van der Waals surface area contributed by atoms with Crippen LogP contribution < -0.4 is 5.32 Å². The number of aryl methyl sites for hydroxylation is 1. The fraction of sp³-hybridized carbons (Fsp3) is 0.526. The van der Waals surface area contributed by atoms with E-state index in [2.05, 4.69) is 15.4 Å². The number of carbonyl (C=O) groups is 1. The molecule has 3 rings (SSSR count). The third-order valence-electron chi connectivity index (χ3n) is 5.24. The Balaban J connectivity index is 1.58. The summed E-state index contributed by atoms with van der Waals surface area (Å²) in [5.41, 5.74) is -0.565. The molecule has 1 N–H and O–H groups in total. The number of alkyl halides is 3. The summed E-state index contributed by atoms with van der Waals surface area (Å²) in [5.74, 6) is -0.469. The lowest BCUT2D eigenvalue weighted by molar-refractivity contribution is -0.141. The number of nitrogens with one attached hydrogen (secondary N) is 1. The first-order chi connectivity index (χ1) is 14.0. The molecule has 2 amide bonds. The number of hydrogen-bond donors (Lipinski definition) is 1. The summed E-state index contributed by atoms with van der Waals surface area (Å²) < 4.78 is 52.8. The van der Waals surface area contributed by atoms with Crippen molar-refractivity contribution in [3.8, 4) is 0 Å². The number of aromatic nitrogens is 3. The number of likely N-dealkylation sites (tertiary alicyclic amines) is 1. The number of rotatable bonds is 4. The van der Waals surface area contributed by atoms with Crippen LogP contribution in [0.2, 0.25) is 0 Å².